The Kier molecular flexibility index (Phi) is 4.48. The zero-order valence-electron chi connectivity index (χ0n) is 10.9. The average Bonchev–Trinajstić information content (AvgIpc) is 2.40. The number of ketones is 1. The molecule has 2 rings (SSSR count). The molecule has 0 saturated heterocycles. The van der Waals surface area contributed by atoms with Gasteiger partial charge in [0.05, 0.1) is 18.7 Å². The summed E-state index contributed by atoms with van der Waals surface area (Å²) in [6.07, 6.45) is 6.21. The van der Waals surface area contributed by atoms with Gasteiger partial charge >= 0.3 is 0 Å². The smallest absolute Gasteiger partial charge is 0.219 e. The maximum atomic E-state index is 13.5. The van der Waals surface area contributed by atoms with Crippen LogP contribution in [0.4, 0.5) is 4.39 Å². The summed E-state index contributed by atoms with van der Waals surface area (Å²) in [4.78, 5) is 13.3. The lowest BCUT2D eigenvalue weighted by molar-refractivity contribution is -0.898. The van der Waals surface area contributed by atoms with Gasteiger partial charge in [0.25, 0.3) is 0 Å². The fourth-order valence-corrected chi connectivity index (χ4v) is 2.78. The zero-order chi connectivity index (χ0) is 13.0. The zero-order valence-corrected chi connectivity index (χ0v) is 10.9. The monoisotopic (exact) mass is 250 g/mol. The molecule has 1 atom stereocenters. The first kappa shape index (κ1) is 13.2. The molecule has 1 aliphatic rings. The van der Waals surface area contributed by atoms with Crippen LogP contribution in [-0.4, -0.2) is 25.4 Å². The number of carbonyl (C=O) groups excluding carboxylic acids is 1. The second-order valence-electron chi connectivity index (χ2n) is 5.26. The van der Waals surface area contributed by atoms with Gasteiger partial charge in [0.2, 0.25) is 5.78 Å². The van der Waals surface area contributed by atoms with Gasteiger partial charge in [-0.25, -0.2) is 4.39 Å². The summed E-state index contributed by atoms with van der Waals surface area (Å²) in [6.45, 7) is 0.394. The third-order valence-electron chi connectivity index (χ3n) is 3.92. The molecule has 3 heteroatoms. The van der Waals surface area contributed by atoms with Crippen LogP contribution < -0.4 is 4.90 Å². The molecule has 0 radical (unpaired) electrons. The van der Waals surface area contributed by atoms with Crippen molar-refractivity contribution in [1.29, 1.82) is 0 Å². The summed E-state index contributed by atoms with van der Waals surface area (Å²) in [5, 5.41) is 0. The van der Waals surface area contributed by atoms with Crippen LogP contribution in [0.15, 0.2) is 24.3 Å². The number of rotatable bonds is 4. The van der Waals surface area contributed by atoms with E-state index in [2.05, 4.69) is 7.05 Å². The van der Waals surface area contributed by atoms with Crippen molar-refractivity contribution >= 4 is 5.78 Å². The van der Waals surface area contributed by atoms with Crippen molar-refractivity contribution in [1.82, 2.24) is 0 Å². The van der Waals surface area contributed by atoms with Crippen LogP contribution in [-0.2, 0) is 0 Å². The van der Waals surface area contributed by atoms with E-state index < -0.39 is 5.82 Å². The van der Waals surface area contributed by atoms with Crippen molar-refractivity contribution in [2.45, 2.75) is 38.1 Å². The third kappa shape index (κ3) is 3.16. The fraction of sp³-hybridized carbons (Fsp3) is 0.533. The van der Waals surface area contributed by atoms with Crippen molar-refractivity contribution < 1.29 is 14.1 Å². The van der Waals surface area contributed by atoms with Gasteiger partial charge in [-0.2, -0.15) is 0 Å². The average molecular weight is 250 g/mol. The van der Waals surface area contributed by atoms with Gasteiger partial charge in [-0.15, -0.1) is 0 Å². The molecule has 98 valence electrons. The van der Waals surface area contributed by atoms with E-state index in [0.717, 1.165) is 0 Å². The van der Waals surface area contributed by atoms with Crippen LogP contribution in [0.1, 0.15) is 42.5 Å². The largest absolute Gasteiger partial charge is 0.328 e. The lowest BCUT2D eigenvalue weighted by Gasteiger charge is -2.27. The van der Waals surface area contributed by atoms with Crippen LogP contribution in [0.25, 0.3) is 0 Å². The Bertz CT molecular complexity index is 413. The Morgan fingerprint density at radius 1 is 1.28 bits per heavy atom. The number of hydrogen-bond acceptors (Lipinski definition) is 1. The van der Waals surface area contributed by atoms with E-state index in [1.165, 1.54) is 43.1 Å². The van der Waals surface area contributed by atoms with Crippen LogP contribution in [0, 0.1) is 5.82 Å². The van der Waals surface area contributed by atoms with Gasteiger partial charge in [0.1, 0.15) is 12.4 Å². The van der Waals surface area contributed by atoms with E-state index in [0.29, 0.717) is 12.6 Å². The molecule has 1 aliphatic carbocycles. The van der Waals surface area contributed by atoms with Gasteiger partial charge in [0.15, 0.2) is 0 Å². The standard InChI is InChI=1S/C15H20FNO/c1-17(12-7-3-2-4-8-12)11-15(18)13-9-5-6-10-14(13)16/h5-6,9-10,12H,2-4,7-8,11H2,1H3/p+1. The quantitative estimate of drug-likeness (QED) is 0.809. The molecule has 0 spiro atoms. The number of benzene rings is 1. The maximum Gasteiger partial charge on any atom is 0.219 e. The number of carbonyl (C=O) groups is 1. The Morgan fingerprint density at radius 2 is 1.94 bits per heavy atom. The molecule has 0 aliphatic heterocycles. The molecule has 0 heterocycles. The molecule has 0 amide bonds. The summed E-state index contributed by atoms with van der Waals surface area (Å²) < 4.78 is 13.5. The SMILES string of the molecule is C[NH+](CC(=O)c1ccccc1F)C1CCCCC1. The van der Waals surface area contributed by atoms with Crippen LogP contribution in [0.2, 0.25) is 0 Å². The van der Waals surface area contributed by atoms with Gasteiger partial charge in [-0.1, -0.05) is 18.6 Å². The molecule has 1 aromatic carbocycles. The van der Waals surface area contributed by atoms with E-state index in [1.54, 1.807) is 18.2 Å². The van der Waals surface area contributed by atoms with E-state index in [4.69, 9.17) is 0 Å². The first-order chi connectivity index (χ1) is 8.68. The topological polar surface area (TPSA) is 21.5 Å². The lowest BCUT2D eigenvalue weighted by atomic mass is 9.94. The molecule has 1 aromatic rings. The van der Waals surface area contributed by atoms with Gasteiger partial charge in [-0.3, -0.25) is 4.79 Å². The normalized spacial score (nSPS) is 18.6. The van der Waals surface area contributed by atoms with Crippen LogP contribution >= 0.6 is 0 Å². The van der Waals surface area contributed by atoms with Gasteiger partial charge in [0, 0.05) is 0 Å². The molecule has 2 nitrogen and oxygen atoms in total. The minimum absolute atomic E-state index is 0.0869. The molecular weight excluding hydrogens is 229 g/mol. The molecule has 1 fully saturated rings. The van der Waals surface area contributed by atoms with Crippen LogP contribution in [0.5, 0.6) is 0 Å². The Balaban J connectivity index is 1.96. The number of nitrogens with one attached hydrogen (secondary N) is 1. The molecule has 0 aromatic heterocycles. The van der Waals surface area contributed by atoms with Crippen LogP contribution in [0.3, 0.4) is 0 Å². The second-order valence-corrected chi connectivity index (χ2v) is 5.26. The molecule has 1 saturated carbocycles. The number of Topliss-reactive ketones (excluding diaryl/α,β-unsaturated/α-hetero) is 1. The minimum Gasteiger partial charge on any atom is -0.328 e. The summed E-state index contributed by atoms with van der Waals surface area (Å²) in [5.41, 5.74) is 0.229. The van der Waals surface area contributed by atoms with Crippen molar-refractivity contribution in [3.63, 3.8) is 0 Å². The van der Waals surface area contributed by atoms with E-state index in [-0.39, 0.29) is 11.3 Å². The number of hydrogen-bond donors (Lipinski definition) is 1. The Morgan fingerprint density at radius 3 is 2.61 bits per heavy atom. The molecule has 0 bridgehead atoms. The first-order valence-electron chi connectivity index (χ1n) is 6.78. The van der Waals surface area contributed by atoms with E-state index in [9.17, 15) is 9.18 Å². The second kappa shape index (κ2) is 6.10. The highest BCUT2D eigenvalue weighted by Crippen LogP contribution is 2.15. The summed E-state index contributed by atoms with van der Waals surface area (Å²) in [7, 11) is 2.05. The maximum absolute atomic E-state index is 13.5. The van der Waals surface area contributed by atoms with Gasteiger partial charge < -0.3 is 4.90 Å². The predicted octanol–water partition coefficient (Wildman–Crippen LogP) is 1.86. The highest BCUT2D eigenvalue weighted by atomic mass is 19.1. The van der Waals surface area contributed by atoms with Crippen molar-refractivity contribution in [2.24, 2.45) is 0 Å². The molecular formula is C15H21FNO+. The van der Waals surface area contributed by atoms with Crippen molar-refractivity contribution in [3.05, 3.63) is 35.6 Å². The summed E-state index contributed by atoms with van der Waals surface area (Å²) >= 11 is 0. The Labute approximate surface area is 108 Å². The molecule has 1 unspecified atom stereocenters. The molecule has 18 heavy (non-hydrogen) atoms. The lowest BCUT2D eigenvalue weighted by Crippen LogP contribution is -3.14. The van der Waals surface area contributed by atoms with Crippen molar-refractivity contribution in [2.75, 3.05) is 13.6 Å². The number of likely N-dealkylation sites (N-methyl/N-ethyl adjacent to an activating group) is 1. The van der Waals surface area contributed by atoms with E-state index in [1.807, 2.05) is 0 Å². The fourth-order valence-electron chi connectivity index (χ4n) is 2.78. The van der Waals surface area contributed by atoms with E-state index >= 15 is 0 Å². The number of quaternary nitrogens is 1. The Hall–Kier alpha value is -1.22. The molecule has 1 N–H and O–H groups in total. The minimum atomic E-state index is -0.404. The van der Waals surface area contributed by atoms with Gasteiger partial charge in [-0.05, 0) is 37.8 Å². The summed E-state index contributed by atoms with van der Waals surface area (Å²) in [5.74, 6) is -0.491. The predicted molar refractivity (Wildman–Crippen MR) is 69.4 cm³/mol. The first-order valence-corrected chi connectivity index (χ1v) is 6.78. The third-order valence-corrected chi connectivity index (χ3v) is 3.92. The highest BCUT2D eigenvalue weighted by Gasteiger charge is 2.24. The number of halogens is 1. The van der Waals surface area contributed by atoms with Crippen molar-refractivity contribution in [3.8, 4) is 0 Å². The summed E-state index contributed by atoms with van der Waals surface area (Å²) in [6, 6.07) is 6.82. The highest BCUT2D eigenvalue weighted by molar-refractivity contribution is 5.97.